The summed E-state index contributed by atoms with van der Waals surface area (Å²) in [4.78, 5) is 36.5. The first-order chi connectivity index (χ1) is 17.8. The van der Waals surface area contributed by atoms with E-state index in [2.05, 4.69) is 21.2 Å². The van der Waals surface area contributed by atoms with Gasteiger partial charge in [-0.15, -0.1) is 0 Å². The Morgan fingerprint density at radius 3 is 2.32 bits per heavy atom. The minimum atomic E-state index is -0.948. The van der Waals surface area contributed by atoms with Crippen LogP contribution in [0.2, 0.25) is 5.02 Å². The zero-order chi connectivity index (χ0) is 26.8. The fourth-order valence-corrected chi connectivity index (χ4v) is 3.48. The van der Waals surface area contributed by atoms with Crippen molar-refractivity contribution >= 4 is 46.9 Å². The van der Waals surface area contributed by atoms with Gasteiger partial charge in [-0.2, -0.15) is 5.10 Å². The van der Waals surface area contributed by atoms with Gasteiger partial charge in [0.2, 0.25) is 0 Å². The van der Waals surface area contributed by atoms with Gasteiger partial charge in [0.25, 0.3) is 5.91 Å². The van der Waals surface area contributed by atoms with E-state index in [-0.39, 0.29) is 12.5 Å². The van der Waals surface area contributed by atoms with Crippen molar-refractivity contribution in [1.82, 2.24) is 5.43 Å². The number of nitrogens with zero attached hydrogens (tertiary/aromatic N) is 1. The number of rotatable bonds is 9. The van der Waals surface area contributed by atoms with Gasteiger partial charge in [-0.05, 0) is 73.9 Å². The molecule has 0 bridgehead atoms. The molecule has 0 radical (unpaired) electrons. The van der Waals surface area contributed by atoms with Crippen LogP contribution in [-0.2, 0) is 14.4 Å². The Morgan fingerprint density at radius 1 is 0.892 bits per heavy atom. The van der Waals surface area contributed by atoms with E-state index in [9.17, 15) is 14.4 Å². The molecule has 0 saturated heterocycles. The molecule has 3 rings (SSSR count). The number of para-hydroxylation sites is 1. The Kier molecular flexibility index (Phi) is 9.62. The standard InChI is InChI=1S/C27H27ClN4O5/c1-4-36-23-13-19(15-29-32-27(35)26(34)30-21-10-6-9-20(28)14-21)11-12-22(23)37-16-24(33)31-25-17(2)7-5-8-18(25)3/h5-15H,4,16H2,1-3H3,(H,30,34)(H,31,33)(H,32,35)/b29-15-. The predicted molar refractivity (Wildman–Crippen MR) is 143 cm³/mol. The third kappa shape index (κ3) is 8.08. The number of hydrogen-bond donors (Lipinski definition) is 3. The lowest BCUT2D eigenvalue weighted by Crippen LogP contribution is -2.32. The Hall–Kier alpha value is -4.37. The largest absolute Gasteiger partial charge is 0.490 e. The van der Waals surface area contributed by atoms with Gasteiger partial charge >= 0.3 is 11.8 Å². The van der Waals surface area contributed by atoms with Crippen LogP contribution < -0.4 is 25.5 Å². The summed E-state index contributed by atoms with van der Waals surface area (Å²) in [5.41, 5.74) is 5.80. The molecule has 3 aromatic carbocycles. The van der Waals surface area contributed by atoms with Gasteiger partial charge in [0.05, 0.1) is 12.8 Å². The zero-order valence-electron chi connectivity index (χ0n) is 20.6. The summed E-state index contributed by atoms with van der Waals surface area (Å²) in [5, 5.41) is 9.55. The van der Waals surface area contributed by atoms with Crippen LogP contribution in [0.4, 0.5) is 11.4 Å². The van der Waals surface area contributed by atoms with Crippen LogP contribution in [0.5, 0.6) is 11.5 Å². The van der Waals surface area contributed by atoms with Crippen LogP contribution in [0.3, 0.4) is 0 Å². The Balaban J connectivity index is 1.58. The summed E-state index contributed by atoms with van der Waals surface area (Å²) in [5.74, 6) is -1.37. The van der Waals surface area contributed by atoms with Crippen LogP contribution in [0.1, 0.15) is 23.6 Å². The third-order valence-electron chi connectivity index (χ3n) is 5.04. The maximum Gasteiger partial charge on any atom is 0.329 e. The molecule has 0 aliphatic rings. The molecule has 0 unspecified atom stereocenters. The first kappa shape index (κ1) is 27.2. The van der Waals surface area contributed by atoms with Crippen molar-refractivity contribution in [1.29, 1.82) is 0 Å². The van der Waals surface area contributed by atoms with Crippen molar-refractivity contribution in [3.05, 3.63) is 82.4 Å². The fraction of sp³-hybridized carbons (Fsp3) is 0.185. The van der Waals surface area contributed by atoms with Crippen molar-refractivity contribution in [2.24, 2.45) is 5.10 Å². The molecule has 0 spiro atoms. The highest BCUT2D eigenvalue weighted by Gasteiger charge is 2.14. The van der Waals surface area contributed by atoms with Crippen molar-refractivity contribution in [2.45, 2.75) is 20.8 Å². The first-order valence-corrected chi connectivity index (χ1v) is 11.8. The molecule has 0 aromatic heterocycles. The van der Waals surface area contributed by atoms with Gasteiger partial charge in [0.15, 0.2) is 18.1 Å². The maximum absolute atomic E-state index is 12.4. The second-order valence-electron chi connectivity index (χ2n) is 7.91. The minimum absolute atomic E-state index is 0.209. The smallest absolute Gasteiger partial charge is 0.329 e. The number of amides is 3. The molecule has 0 aliphatic heterocycles. The summed E-state index contributed by atoms with van der Waals surface area (Å²) in [6.45, 7) is 5.82. The van der Waals surface area contributed by atoms with Gasteiger partial charge in [-0.25, -0.2) is 5.43 Å². The monoisotopic (exact) mass is 522 g/mol. The number of benzene rings is 3. The van der Waals surface area contributed by atoms with Crippen molar-refractivity contribution in [3.8, 4) is 11.5 Å². The molecular formula is C27H27ClN4O5. The molecular weight excluding hydrogens is 496 g/mol. The van der Waals surface area contributed by atoms with E-state index in [1.54, 1.807) is 36.4 Å². The number of carbonyl (C=O) groups excluding carboxylic acids is 3. The number of carbonyl (C=O) groups is 3. The highest BCUT2D eigenvalue weighted by atomic mass is 35.5. The molecule has 37 heavy (non-hydrogen) atoms. The van der Waals surface area contributed by atoms with E-state index in [0.717, 1.165) is 16.8 Å². The summed E-state index contributed by atoms with van der Waals surface area (Å²) in [6.07, 6.45) is 1.35. The van der Waals surface area contributed by atoms with E-state index in [4.69, 9.17) is 21.1 Å². The molecule has 0 heterocycles. The van der Waals surface area contributed by atoms with Gasteiger partial charge < -0.3 is 20.1 Å². The van der Waals surface area contributed by atoms with E-state index in [0.29, 0.717) is 34.4 Å². The Labute approximate surface area is 219 Å². The summed E-state index contributed by atoms with van der Waals surface area (Å²) < 4.78 is 11.3. The molecule has 3 amide bonds. The normalized spacial score (nSPS) is 10.6. The maximum atomic E-state index is 12.4. The van der Waals surface area contributed by atoms with Crippen LogP contribution in [0, 0.1) is 13.8 Å². The fourth-order valence-electron chi connectivity index (χ4n) is 3.29. The van der Waals surface area contributed by atoms with Gasteiger partial charge in [0, 0.05) is 16.4 Å². The second kappa shape index (κ2) is 13.1. The Bertz CT molecular complexity index is 1310. The van der Waals surface area contributed by atoms with Crippen molar-refractivity contribution in [2.75, 3.05) is 23.8 Å². The summed E-state index contributed by atoms with van der Waals surface area (Å²) in [6, 6.07) is 17.1. The third-order valence-corrected chi connectivity index (χ3v) is 5.28. The zero-order valence-corrected chi connectivity index (χ0v) is 21.4. The number of hydrogen-bond acceptors (Lipinski definition) is 6. The molecule has 9 nitrogen and oxygen atoms in total. The van der Waals surface area contributed by atoms with Gasteiger partial charge in [-0.1, -0.05) is 35.9 Å². The molecule has 192 valence electrons. The van der Waals surface area contributed by atoms with Crippen molar-refractivity contribution in [3.63, 3.8) is 0 Å². The predicted octanol–water partition coefficient (Wildman–Crippen LogP) is 4.46. The van der Waals surface area contributed by atoms with E-state index < -0.39 is 11.8 Å². The molecule has 0 fully saturated rings. The topological polar surface area (TPSA) is 118 Å². The van der Waals surface area contributed by atoms with Gasteiger partial charge in [0.1, 0.15) is 0 Å². The molecule has 0 aliphatic carbocycles. The summed E-state index contributed by atoms with van der Waals surface area (Å²) in [7, 11) is 0. The van der Waals surface area contributed by atoms with Crippen LogP contribution in [0.15, 0.2) is 65.8 Å². The molecule has 0 atom stereocenters. The van der Waals surface area contributed by atoms with Crippen LogP contribution in [0.25, 0.3) is 0 Å². The molecule has 0 saturated carbocycles. The minimum Gasteiger partial charge on any atom is -0.490 e. The van der Waals surface area contributed by atoms with Crippen LogP contribution in [-0.4, -0.2) is 37.1 Å². The number of hydrazone groups is 1. The average Bonchev–Trinajstić information content (AvgIpc) is 2.86. The molecule has 10 heteroatoms. The number of nitrogens with one attached hydrogen (secondary N) is 3. The quantitative estimate of drug-likeness (QED) is 0.218. The Morgan fingerprint density at radius 2 is 1.62 bits per heavy atom. The van der Waals surface area contributed by atoms with E-state index >= 15 is 0 Å². The lowest BCUT2D eigenvalue weighted by Gasteiger charge is -2.14. The van der Waals surface area contributed by atoms with E-state index in [1.807, 2.05) is 39.0 Å². The summed E-state index contributed by atoms with van der Waals surface area (Å²) >= 11 is 5.87. The van der Waals surface area contributed by atoms with E-state index in [1.165, 1.54) is 12.3 Å². The highest BCUT2D eigenvalue weighted by molar-refractivity contribution is 6.39. The van der Waals surface area contributed by atoms with Gasteiger partial charge in [-0.3, -0.25) is 14.4 Å². The molecule has 3 aromatic rings. The number of ether oxygens (including phenoxy) is 2. The lowest BCUT2D eigenvalue weighted by molar-refractivity contribution is -0.136. The van der Waals surface area contributed by atoms with Crippen molar-refractivity contribution < 1.29 is 23.9 Å². The second-order valence-corrected chi connectivity index (χ2v) is 8.34. The lowest BCUT2D eigenvalue weighted by atomic mass is 10.1. The average molecular weight is 523 g/mol. The highest BCUT2D eigenvalue weighted by Crippen LogP contribution is 2.28. The van der Waals surface area contributed by atoms with Crippen LogP contribution >= 0.6 is 11.6 Å². The molecule has 3 N–H and O–H groups in total. The number of anilines is 2. The SMILES string of the molecule is CCOc1cc(/C=N\NC(=O)C(=O)Nc2cccc(Cl)c2)ccc1OCC(=O)Nc1c(C)cccc1C. The number of aryl methyl sites for hydroxylation is 2. The first-order valence-electron chi connectivity index (χ1n) is 11.4. The number of halogens is 1.